The first-order valence-corrected chi connectivity index (χ1v) is 7.05. The molecule has 1 aliphatic rings. The number of pyridine rings is 1. The van der Waals surface area contributed by atoms with Gasteiger partial charge in [-0.15, -0.1) is 0 Å². The molecule has 0 aliphatic carbocycles. The molecule has 1 unspecified atom stereocenters. The minimum absolute atomic E-state index is 0.0909. The number of hydrogen-bond donors (Lipinski definition) is 3. The highest BCUT2D eigenvalue weighted by Gasteiger charge is 2.17. The first kappa shape index (κ1) is 14.6. The number of nitrogens with one attached hydrogen (secondary N) is 1. The van der Waals surface area contributed by atoms with E-state index in [4.69, 9.17) is 10.8 Å². The molecule has 0 saturated carbocycles. The zero-order chi connectivity index (χ0) is 14.5. The highest BCUT2D eigenvalue weighted by Crippen LogP contribution is 2.20. The SMILES string of the molecule is CC(CNc1nccc(C(=O)O)c1N)N1CCCCC1. The Balaban J connectivity index is 1.96. The van der Waals surface area contributed by atoms with Crippen LogP contribution in [0.5, 0.6) is 0 Å². The minimum Gasteiger partial charge on any atom is -0.478 e. The number of carboxylic acids is 1. The van der Waals surface area contributed by atoms with Gasteiger partial charge in [0.15, 0.2) is 0 Å². The molecule has 1 saturated heterocycles. The highest BCUT2D eigenvalue weighted by atomic mass is 16.4. The van der Waals surface area contributed by atoms with E-state index in [0.717, 1.165) is 13.1 Å². The first-order chi connectivity index (χ1) is 9.59. The predicted molar refractivity (Wildman–Crippen MR) is 79.0 cm³/mol. The second kappa shape index (κ2) is 6.56. The van der Waals surface area contributed by atoms with Crippen LogP contribution < -0.4 is 11.1 Å². The van der Waals surface area contributed by atoms with Gasteiger partial charge in [-0.25, -0.2) is 9.78 Å². The summed E-state index contributed by atoms with van der Waals surface area (Å²) in [5.41, 5.74) is 6.12. The Bertz CT molecular complexity index is 472. The number of nitrogens with zero attached hydrogens (tertiary/aromatic N) is 2. The molecule has 6 heteroatoms. The van der Waals surface area contributed by atoms with Gasteiger partial charge in [0, 0.05) is 18.8 Å². The summed E-state index contributed by atoms with van der Waals surface area (Å²) in [6.45, 7) is 5.12. The zero-order valence-electron chi connectivity index (χ0n) is 11.8. The Morgan fingerprint density at radius 2 is 2.20 bits per heavy atom. The fourth-order valence-electron chi connectivity index (χ4n) is 2.53. The smallest absolute Gasteiger partial charge is 0.337 e. The van der Waals surface area contributed by atoms with Gasteiger partial charge in [-0.1, -0.05) is 6.42 Å². The Labute approximate surface area is 119 Å². The summed E-state index contributed by atoms with van der Waals surface area (Å²) >= 11 is 0. The average Bonchev–Trinajstić information content (AvgIpc) is 2.46. The largest absolute Gasteiger partial charge is 0.478 e. The summed E-state index contributed by atoms with van der Waals surface area (Å²) in [7, 11) is 0. The van der Waals surface area contributed by atoms with Crippen molar-refractivity contribution >= 4 is 17.5 Å². The van der Waals surface area contributed by atoms with E-state index in [-0.39, 0.29) is 11.3 Å². The Kier molecular flexibility index (Phi) is 4.79. The number of likely N-dealkylation sites (tertiary alicyclic amines) is 1. The van der Waals surface area contributed by atoms with E-state index in [1.807, 2.05) is 0 Å². The lowest BCUT2D eigenvalue weighted by Gasteiger charge is -2.32. The number of aromatic carboxylic acids is 1. The van der Waals surface area contributed by atoms with Gasteiger partial charge < -0.3 is 16.2 Å². The van der Waals surface area contributed by atoms with Crippen molar-refractivity contribution in [2.75, 3.05) is 30.7 Å². The lowest BCUT2D eigenvalue weighted by Crippen LogP contribution is -2.41. The number of rotatable bonds is 5. The summed E-state index contributed by atoms with van der Waals surface area (Å²) in [6, 6.07) is 1.79. The van der Waals surface area contributed by atoms with Crippen molar-refractivity contribution in [3.05, 3.63) is 17.8 Å². The summed E-state index contributed by atoms with van der Waals surface area (Å²) in [4.78, 5) is 17.6. The molecule has 0 amide bonds. The van der Waals surface area contributed by atoms with Crippen LogP contribution in [0.1, 0.15) is 36.5 Å². The summed E-state index contributed by atoms with van der Waals surface area (Å²) < 4.78 is 0. The molecular formula is C14H22N4O2. The molecule has 0 bridgehead atoms. The van der Waals surface area contributed by atoms with Crippen LogP contribution in [0, 0.1) is 0 Å². The number of aromatic nitrogens is 1. The third-order valence-corrected chi connectivity index (χ3v) is 3.80. The molecule has 6 nitrogen and oxygen atoms in total. The molecule has 0 aromatic carbocycles. The molecular weight excluding hydrogens is 256 g/mol. The number of hydrogen-bond acceptors (Lipinski definition) is 5. The van der Waals surface area contributed by atoms with Gasteiger partial charge in [0.25, 0.3) is 0 Å². The first-order valence-electron chi connectivity index (χ1n) is 7.05. The third-order valence-electron chi connectivity index (χ3n) is 3.80. The molecule has 1 aromatic rings. The Morgan fingerprint density at radius 3 is 2.85 bits per heavy atom. The standard InChI is InChI=1S/C14H22N4O2/c1-10(18-7-3-2-4-8-18)9-17-13-12(15)11(14(19)20)5-6-16-13/h5-6,10H,2-4,7-9,15H2,1H3,(H,16,17)(H,19,20). The molecule has 0 spiro atoms. The summed E-state index contributed by atoms with van der Waals surface area (Å²) in [5.74, 6) is -0.578. The van der Waals surface area contributed by atoms with E-state index in [1.54, 1.807) is 0 Å². The van der Waals surface area contributed by atoms with E-state index >= 15 is 0 Å². The van der Waals surface area contributed by atoms with E-state index in [9.17, 15) is 4.79 Å². The Hall–Kier alpha value is -1.82. The molecule has 110 valence electrons. The molecule has 1 aromatic heterocycles. The maximum atomic E-state index is 11.0. The van der Waals surface area contributed by atoms with Gasteiger partial charge >= 0.3 is 5.97 Å². The number of nitrogens with two attached hydrogens (primary N) is 1. The summed E-state index contributed by atoms with van der Waals surface area (Å²) in [5, 5.41) is 12.2. The lowest BCUT2D eigenvalue weighted by molar-refractivity contribution is 0.0698. The fourth-order valence-corrected chi connectivity index (χ4v) is 2.53. The van der Waals surface area contributed by atoms with Crippen molar-refractivity contribution in [2.24, 2.45) is 0 Å². The molecule has 4 N–H and O–H groups in total. The molecule has 1 aliphatic heterocycles. The van der Waals surface area contributed by atoms with Crippen LogP contribution in [0.2, 0.25) is 0 Å². The molecule has 1 fully saturated rings. The second-order valence-corrected chi connectivity index (χ2v) is 5.25. The van der Waals surface area contributed by atoms with Crippen LogP contribution in [-0.4, -0.2) is 46.6 Å². The third kappa shape index (κ3) is 3.39. The molecule has 2 rings (SSSR count). The van der Waals surface area contributed by atoms with E-state index in [2.05, 4.69) is 22.1 Å². The maximum absolute atomic E-state index is 11.0. The van der Waals surface area contributed by atoms with Gasteiger partial charge in [-0.3, -0.25) is 4.90 Å². The van der Waals surface area contributed by atoms with E-state index < -0.39 is 5.97 Å². The van der Waals surface area contributed by atoms with Crippen LogP contribution >= 0.6 is 0 Å². The number of carbonyl (C=O) groups is 1. The molecule has 0 radical (unpaired) electrons. The normalized spacial score (nSPS) is 17.6. The summed E-state index contributed by atoms with van der Waals surface area (Å²) in [6.07, 6.45) is 5.28. The van der Waals surface area contributed by atoms with Gasteiger partial charge in [-0.2, -0.15) is 0 Å². The van der Waals surface area contributed by atoms with Gasteiger partial charge in [0.1, 0.15) is 5.82 Å². The predicted octanol–water partition coefficient (Wildman–Crippen LogP) is 1.65. The van der Waals surface area contributed by atoms with Gasteiger partial charge in [-0.05, 0) is 38.9 Å². The quantitative estimate of drug-likeness (QED) is 0.758. The number of carboxylic acid groups (broad SMARTS) is 1. The fraction of sp³-hybridized carbons (Fsp3) is 0.571. The van der Waals surface area contributed by atoms with Crippen LogP contribution in [0.15, 0.2) is 12.3 Å². The van der Waals surface area contributed by atoms with Crippen molar-refractivity contribution in [3.8, 4) is 0 Å². The van der Waals surface area contributed by atoms with Crippen LogP contribution in [-0.2, 0) is 0 Å². The molecule has 1 atom stereocenters. The van der Waals surface area contributed by atoms with Crippen molar-refractivity contribution in [2.45, 2.75) is 32.2 Å². The zero-order valence-corrected chi connectivity index (χ0v) is 11.8. The molecule has 2 heterocycles. The average molecular weight is 278 g/mol. The van der Waals surface area contributed by atoms with Crippen molar-refractivity contribution in [1.82, 2.24) is 9.88 Å². The van der Waals surface area contributed by atoms with Gasteiger partial charge in [0.05, 0.1) is 11.3 Å². The number of anilines is 2. The number of nitrogen functional groups attached to an aromatic ring is 1. The van der Waals surface area contributed by atoms with Crippen LogP contribution in [0.25, 0.3) is 0 Å². The van der Waals surface area contributed by atoms with Gasteiger partial charge in [0.2, 0.25) is 0 Å². The van der Waals surface area contributed by atoms with Crippen molar-refractivity contribution < 1.29 is 9.90 Å². The minimum atomic E-state index is -1.03. The van der Waals surface area contributed by atoms with Crippen molar-refractivity contribution in [3.63, 3.8) is 0 Å². The van der Waals surface area contributed by atoms with Crippen molar-refractivity contribution in [1.29, 1.82) is 0 Å². The topological polar surface area (TPSA) is 91.5 Å². The molecule has 20 heavy (non-hydrogen) atoms. The van der Waals surface area contributed by atoms with Crippen LogP contribution in [0.3, 0.4) is 0 Å². The maximum Gasteiger partial charge on any atom is 0.337 e. The second-order valence-electron chi connectivity index (χ2n) is 5.25. The van der Waals surface area contributed by atoms with Crippen LogP contribution in [0.4, 0.5) is 11.5 Å². The van der Waals surface area contributed by atoms with E-state index in [0.29, 0.717) is 18.4 Å². The Morgan fingerprint density at radius 1 is 1.50 bits per heavy atom. The van der Waals surface area contributed by atoms with E-state index in [1.165, 1.54) is 31.5 Å². The number of piperidine rings is 1. The highest BCUT2D eigenvalue weighted by molar-refractivity contribution is 5.96. The lowest BCUT2D eigenvalue weighted by atomic mass is 10.1. The monoisotopic (exact) mass is 278 g/mol.